The van der Waals surface area contributed by atoms with Gasteiger partial charge in [-0.3, -0.25) is 9.20 Å². The highest BCUT2D eigenvalue weighted by atomic mass is 16.6. The summed E-state index contributed by atoms with van der Waals surface area (Å²) < 4.78 is 13.4. The molecule has 6 rings (SSSR count). The Morgan fingerprint density at radius 1 is 1.12 bits per heavy atom. The number of H-pyrrole nitrogens is 1. The van der Waals surface area contributed by atoms with Crippen LogP contribution in [0.1, 0.15) is 61.8 Å². The number of aromatic amines is 1. The maximum atomic E-state index is 13.6. The third-order valence-corrected chi connectivity index (χ3v) is 7.46. The summed E-state index contributed by atoms with van der Waals surface area (Å²) in [5.41, 5.74) is 4.20. The number of aromatic nitrogens is 4. The van der Waals surface area contributed by atoms with Crippen molar-refractivity contribution in [3.63, 3.8) is 0 Å². The van der Waals surface area contributed by atoms with Gasteiger partial charge in [0.25, 0.3) is 11.8 Å². The molecule has 1 aliphatic carbocycles. The molecule has 0 radical (unpaired) electrons. The van der Waals surface area contributed by atoms with Crippen molar-refractivity contribution in [1.82, 2.24) is 24.3 Å². The van der Waals surface area contributed by atoms with E-state index in [0.29, 0.717) is 29.5 Å². The Kier molecular flexibility index (Phi) is 6.55. The molecule has 2 N–H and O–H groups in total. The predicted molar refractivity (Wildman–Crippen MR) is 157 cm³/mol. The lowest BCUT2D eigenvalue weighted by molar-refractivity contribution is 0.0237. The van der Waals surface area contributed by atoms with Crippen molar-refractivity contribution in [3.8, 4) is 5.88 Å². The van der Waals surface area contributed by atoms with Crippen LogP contribution in [0.15, 0.2) is 30.6 Å². The summed E-state index contributed by atoms with van der Waals surface area (Å²) in [6.45, 7) is 11.0. The van der Waals surface area contributed by atoms with Crippen LogP contribution >= 0.6 is 0 Å². The Hall–Kier alpha value is -4.28. The third kappa shape index (κ3) is 5.53. The molecule has 1 saturated heterocycles. The summed E-state index contributed by atoms with van der Waals surface area (Å²) in [6.07, 6.45) is 6.29. The highest BCUT2D eigenvalue weighted by Crippen LogP contribution is 2.34. The van der Waals surface area contributed by atoms with Crippen molar-refractivity contribution in [3.05, 3.63) is 47.5 Å². The summed E-state index contributed by atoms with van der Waals surface area (Å²) in [6, 6.07) is 5.92. The second-order valence-corrected chi connectivity index (χ2v) is 12.2. The van der Waals surface area contributed by atoms with E-state index in [0.717, 1.165) is 53.8 Å². The number of imidazole rings is 1. The van der Waals surface area contributed by atoms with E-state index < -0.39 is 5.60 Å². The van der Waals surface area contributed by atoms with E-state index in [9.17, 15) is 9.59 Å². The van der Waals surface area contributed by atoms with Crippen LogP contribution in [0, 0.1) is 13.8 Å². The van der Waals surface area contributed by atoms with Crippen LogP contribution in [0.5, 0.6) is 5.88 Å². The topological polar surface area (TPSA) is 117 Å². The lowest BCUT2D eigenvalue weighted by Crippen LogP contribution is -2.42. The molecule has 4 heterocycles. The summed E-state index contributed by atoms with van der Waals surface area (Å²) >= 11 is 0. The molecule has 1 saturated carbocycles. The minimum atomic E-state index is -0.542. The molecule has 41 heavy (non-hydrogen) atoms. The lowest BCUT2D eigenvalue weighted by Gasteiger charge is -2.29. The number of carbonyl (C=O) groups is 2. The fourth-order valence-corrected chi connectivity index (χ4v) is 5.32. The molecule has 1 aliphatic heterocycles. The van der Waals surface area contributed by atoms with Gasteiger partial charge in [-0.2, -0.15) is 4.98 Å². The zero-order valence-corrected chi connectivity index (χ0v) is 24.4. The number of ether oxygens (including phenoxy) is 2. The molecule has 216 valence electrons. The number of likely N-dealkylation sites (N-methyl/N-ethyl adjacent to an activating group) is 1. The normalized spacial score (nSPS) is 17.3. The molecule has 1 aromatic carbocycles. The highest BCUT2D eigenvalue weighted by Gasteiger charge is 2.32. The fraction of sp³-hybridized carbons (Fsp3) is 0.467. The van der Waals surface area contributed by atoms with E-state index in [1.807, 2.05) is 57.3 Å². The lowest BCUT2D eigenvalue weighted by atomic mass is 10.1. The first kappa shape index (κ1) is 26.9. The number of hydrogen-bond acceptors (Lipinski definition) is 7. The van der Waals surface area contributed by atoms with Crippen molar-refractivity contribution < 1.29 is 19.1 Å². The molecule has 2 aliphatic rings. The van der Waals surface area contributed by atoms with Gasteiger partial charge >= 0.3 is 6.09 Å². The number of carbonyl (C=O) groups excluding carboxylic acids is 2. The molecule has 0 unspecified atom stereocenters. The van der Waals surface area contributed by atoms with Crippen LogP contribution in [0.2, 0.25) is 0 Å². The van der Waals surface area contributed by atoms with E-state index in [4.69, 9.17) is 9.47 Å². The number of aryl methyl sites for hydroxylation is 2. The third-order valence-electron chi connectivity index (χ3n) is 7.46. The first-order valence-corrected chi connectivity index (χ1v) is 14.1. The van der Waals surface area contributed by atoms with Gasteiger partial charge in [0, 0.05) is 43.1 Å². The zero-order chi connectivity index (χ0) is 29.1. The second kappa shape index (κ2) is 9.97. The summed E-state index contributed by atoms with van der Waals surface area (Å²) in [5.74, 6) is 0.548. The molecule has 11 heteroatoms. The molecule has 0 spiro atoms. The number of fused-ring (bicyclic) bond motifs is 2. The Morgan fingerprint density at radius 2 is 1.90 bits per heavy atom. The Labute approximate surface area is 238 Å². The number of nitrogens with one attached hydrogen (secondary N) is 2. The first-order valence-electron chi connectivity index (χ1n) is 14.1. The van der Waals surface area contributed by atoms with Gasteiger partial charge in [-0.05, 0) is 72.1 Å². The number of anilines is 2. The molecule has 4 aromatic rings. The van der Waals surface area contributed by atoms with Gasteiger partial charge < -0.3 is 29.6 Å². The van der Waals surface area contributed by atoms with Gasteiger partial charge in [0.05, 0.1) is 29.0 Å². The molecule has 2 fully saturated rings. The van der Waals surface area contributed by atoms with Crippen molar-refractivity contribution in [2.75, 3.05) is 30.4 Å². The number of benzene rings is 1. The number of nitrogens with zero attached hydrogens (tertiary/aromatic N) is 5. The van der Waals surface area contributed by atoms with Crippen LogP contribution in [-0.4, -0.2) is 74.1 Å². The van der Waals surface area contributed by atoms with E-state index >= 15 is 0 Å². The van der Waals surface area contributed by atoms with Gasteiger partial charge in [-0.1, -0.05) is 0 Å². The fourth-order valence-electron chi connectivity index (χ4n) is 5.32. The van der Waals surface area contributed by atoms with Crippen molar-refractivity contribution in [2.24, 2.45) is 0 Å². The molecule has 0 bridgehead atoms. The molecule has 3 aromatic heterocycles. The summed E-state index contributed by atoms with van der Waals surface area (Å²) in [4.78, 5) is 42.7. The monoisotopic (exact) mass is 559 g/mol. The largest absolute Gasteiger partial charge is 0.472 e. The molecule has 11 nitrogen and oxygen atoms in total. The van der Waals surface area contributed by atoms with Crippen molar-refractivity contribution in [2.45, 2.75) is 71.6 Å². The van der Waals surface area contributed by atoms with Gasteiger partial charge in [-0.25, -0.2) is 9.78 Å². The van der Waals surface area contributed by atoms with Crippen LogP contribution in [0.4, 0.5) is 16.3 Å². The first-order chi connectivity index (χ1) is 19.4. The predicted octanol–water partition coefficient (Wildman–Crippen LogP) is 5.07. The van der Waals surface area contributed by atoms with Gasteiger partial charge in [0.1, 0.15) is 11.7 Å². The zero-order valence-electron chi connectivity index (χ0n) is 24.4. The van der Waals surface area contributed by atoms with Crippen LogP contribution in [-0.2, 0) is 4.74 Å². The molecular formula is C30H37N7O4. The maximum Gasteiger partial charge on any atom is 0.410 e. The Balaban J connectivity index is 1.24. The summed E-state index contributed by atoms with van der Waals surface area (Å²) in [7, 11) is 1.79. The minimum Gasteiger partial charge on any atom is -0.472 e. The number of rotatable bonds is 6. The standard InChI is InChI=1S/C30H37N7O4/c1-17-13-22-23(36-12-11-19(15-36)35(6)29(39)41-30(3,4)5)10-9-21(25(22)31-17)27(38)33-24-16-37-14-18(2)32-26(37)28(34-24)40-20-7-8-20/h9-10,13-14,16,19-20,31H,7-8,11-12,15H2,1-6H3,(H,33,38)/t19-/m1/s1. The van der Waals surface area contributed by atoms with Crippen molar-refractivity contribution in [1.29, 1.82) is 0 Å². The van der Waals surface area contributed by atoms with Gasteiger partial charge in [0.15, 0.2) is 5.82 Å². The van der Waals surface area contributed by atoms with E-state index in [1.165, 1.54) is 0 Å². The van der Waals surface area contributed by atoms with Crippen LogP contribution < -0.4 is 15.0 Å². The van der Waals surface area contributed by atoms with Gasteiger partial charge in [-0.15, -0.1) is 0 Å². The van der Waals surface area contributed by atoms with Gasteiger partial charge in [0.2, 0.25) is 5.65 Å². The van der Waals surface area contributed by atoms with Crippen LogP contribution in [0.3, 0.4) is 0 Å². The van der Waals surface area contributed by atoms with Crippen molar-refractivity contribution >= 4 is 40.1 Å². The Morgan fingerprint density at radius 3 is 2.63 bits per heavy atom. The van der Waals surface area contributed by atoms with Crippen LogP contribution in [0.25, 0.3) is 16.6 Å². The van der Waals surface area contributed by atoms with E-state index in [2.05, 4.69) is 31.2 Å². The average Bonchev–Trinajstić information content (AvgIpc) is 3.25. The molecule has 1 atom stereocenters. The molecule has 2 amide bonds. The van der Waals surface area contributed by atoms with E-state index in [-0.39, 0.29) is 24.1 Å². The molecular weight excluding hydrogens is 522 g/mol. The maximum absolute atomic E-state index is 13.6. The number of hydrogen-bond donors (Lipinski definition) is 2. The smallest absolute Gasteiger partial charge is 0.410 e. The second-order valence-electron chi connectivity index (χ2n) is 12.2. The summed E-state index contributed by atoms with van der Waals surface area (Å²) in [5, 5.41) is 3.93. The highest BCUT2D eigenvalue weighted by molar-refractivity contribution is 6.14. The number of amides is 2. The quantitative estimate of drug-likeness (QED) is 0.339. The average molecular weight is 560 g/mol. The Bertz CT molecular complexity index is 1650. The van der Waals surface area contributed by atoms with E-state index in [1.54, 1.807) is 18.1 Å². The SMILES string of the molecule is Cc1cn2cc(NC(=O)c3ccc(N4CC[C@@H](N(C)C(=O)OC(C)(C)C)C4)c4cc(C)[nH]c34)nc(OC3CC3)c2n1. The minimum absolute atomic E-state index is 0.0303.